The Morgan fingerprint density at radius 1 is 1.04 bits per heavy atom. The van der Waals surface area contributed by atoms with Crippen molar-refractivity contribution in [1.82, 2.24) is 0 Å². The van der Waals surface area contributed by atoms with E-state index >= 15 is 0 Å². The number of quaternary nitrogens is 1. The number of hydrogen-bond donors (Lipinski definition) is 2. The summed E-state index contributed by atoms with van der Waals surface area (Å²) in [6.07, 6.45) is 0.512. The highest BCUT2D eigenvalue weighted by atomic mass is 16.5. The summed E-state index contributed by atoms with van der Waals surface area (Å²) in [5.41, 5.74) is 3.70. The third kappa shape index (κ3) is 4.75. The molecule has 1 aliphatic heterocycles. The monoisotopic (exact) mass is 358 g/mol. The quantitative estimate of drug-likeness (QED) is 0.745. The van der Waals surface area contributed by atoms with Crippen molar-refractivity contribution in [2.24, 2.45) is 0 Å². The fraction of sp³-hybridized carbons (Fsp3) is 0.429. The molecule has 1 aliphatic rings. The van der Waals surface area contributed by atoms with Crippen LogP contribution in [0.5, 0.6) is 11.5 Å². The summed E-state index contributed by atoms with van der Waals surface area (Å²) in [6.45, 7) is 3.45. The summed E-state index contributed by atoms with van der Waals surface area (Å²) in [5, 5.41) is 10.3. The van der Waals surface area contributed by atoms with Crippen LogP contribution in [0.15, 0.2) is 42.5 Å². The standard InChI is InChI=1S/C21H27NO4/c1-24-20-10-17-8-9-22(12-18(17)11-21(20)25-2)13-19(23)15-26-14-16-6-4-3-5-7-16/h3-7,10-11,19,23H,8-9,12-15H2,1-2H3/p+1/t19-/m0/s1. The molecule has 0 aliphatic carbocycles. The van der Waals surface area contributed by atoms with Crippen LogP contribution >= 0.6 is 0 Å². The van der Waals surface area contributed by atoms with E-state index in [1.54, 1.807) is 14.2 Å². The van der Waals surface area contributed by atoms with Gasteiger partial charge in [0.15, 0.2) is 11.5 Å². The number of ether oxygens (including phenoxy) is 3. The van der Waals surface area contributed by atoms with Crippen LogP contribution in [-0.2, 0) is 24.3 Å². The molecule has 0 radical (unpaired) electrons. The van der Waals surface area contributed by atoms with Crippen LogP contribution in [-0.4, -0.2) is 45.1 Å². The van der Waals surface area contributed by atoms with Gasteiger partial charge in [0, 0.05) is 12.0 Å². The van der Waals surface area contributed by atoms with Gasteiger partial charge in [-0.25, -0.2) is 0 Å². The zero-order valence-corrected chi connectivity index (χ0v) is 15.5. The van der Waals surface area contributed by atoms with Gasteiger partial charge in [-0.3, -0.25) is 0 Å². The molecule has 26 heavy (non-hydrogen) atoms. The Bertz CT molecular complexity index is 705. The maximum atomic E-state index is 10.3. The van der Waals surface area contributed by atoms with E-state index in [2.05, 4.69) is 12.1 Å². The highest BCUT2D eigenvalue weighted by Gasteiger charge is 2.24. The molecule has 1 unspecified atom stereocenters. The van der Waals surface area contributed by atoms with Crippen molar-refractivity contribution in [2.45, 2.75) is 25.7 Å². The number of benzene rings is 2. The molecule has 0 saturated carbocycles. The van der Waals surface area contributed by atoms with E-state index in [1.807, 2.05) is 30.3 Å². The second-order valence-corrected chi connectivity index (χ2v) is 6.76. The summed E-state index contributed by atoms with van der Waals surface area (Å²) >= 11 is 0. The maximum Gasteiger partial charge on any atom is 0.161 e. The summed E-state index contributed by atoms with van der Waals surface area (Å²) in [4.78, 5) is 1.36. The minimum atomic E-state index is -0.463. The number of hydrogen-bond acceptors (Lipinski definition) is 4. The lowest BCUT2D eigenvalue weighted by atomic mass is 9.98. The van der Waals surface area contributed by atoms with Gasteiger partial charge in [-0.2, -0.15) is 0 Å². The number of fused-ring (bicyclic) bond motifs is 1. The molecule has 0 bridgehead atoms. The molecule has 0 fully saturated rings. The Labute approximate surface area is 155 Å². The Balaban J connectivity index is 1.50. The minimum Gasteiger partial charge on any atom is -0.493 e. The first-order valence-electron chi connectivity index (χ1n) is 9.06. The molecule has 3 rings (SSSR count). The molecule has 2 aromatic carbocycles. The number of rotatable bonds is 8. The third-order valence-corrected chi connectivity index (χ3v) is 4.84. The predicted octanol–water partition coefficient (Wildman–Crippen LogP) is 1.22. The van der Waals surface area contributed by atoms with Gasteiger partial charge in [0.2, 0.25) is 0 Å². The lowest BCUT2D eigenvalue weighted by Crippen LogP contribution is -3.12. The normalized spacial score (nSPS) is 17.4. The zero-order chi connectivity index (χ0) is 18.4. The van der Waals surface area contributed by atoms with Crippen LogP contribution in [0, 0.1) is 0 Å². The van der Waals surface area contributed by atoms with Gasteiger partial charge in [0.25, 0.3) is 0 Å². The Hall–Kier alpha value is -2.08. The summed E-state index contributed by atoms with van der Waals surface area (Å²) < 4.78 is 16.5. The van der Waals surface area contributed by atoms with Gasteiger partial charge >= 0.3 is 0 Å². The molecule has 0 amide bonds. The number of aliphatic hydroxyl groups is 1. The van der Waals surface area contributed by atoms with Gasteiger partial charge in [0.1, 0.15) is 19.2 Å². The largest absolute Gasteiger partial charge is 0.493 e. The molecule has 2 N–H and O–H groups in total. The van der Waals surface area contributed by atoms with E-state index in [-0.39, 0.29) is 0 Å². The Morgan fingerprint density at radius 3 is 2.42 bits per heavy atom. The fourth-order valence-corrected chi connectivity index (χ4v) is 3.48. The van der Waals surface area contributed by atoms with Crippen LogP contribution in [0.3, 0.4) is 0 Å². The smallest absolute Gasteiger partial charge is 0.161 e. The lowest BCUT2D eigenvalue weighted by Gasteiger charge is -2.28. The molecule has 5 heteroatoms. The van der Waals surface area contributed by atoms with Crippen LogP contribution < -0.4 is 14.4 Å². The van der Waals surface area contributed by atoms with E-state index < -0.39 is 6.10 Å². The molecular formula is C21H28NO4+. The van der Waals surface area contributed by atoms with Gasteiger partial charge in [-0.05, 0) is 23.3 Å². The highest BCUT2D eigenvalue weighted by molar-refractivity contribution is 5.47. The van der Waals surface area contributed by atoms with Crippen LogP contribution in [0.4, 0.5) is 0 Å². The fourth-order valence-electron chi connectivity index (χ4n) is 3.48. The molecule has 0 spiro atoms. The summed E-state index contributed by atoms with van der Waals surface area (Å²) in [6, 6.07) is 14.2. The molecule has 140 valence electrons. The average Bonchev–Trinajstić information content (AvgIpc) is 2.67. The van der Waals surface area contributed by atoms with Crippen LogP contribution in [0.2, 0.25) is 0 Å². The molecule has 0 aromatic heterocycles. The van der Waals surface area contributed by atoms with Crippen molar-refractivity contribution in [3.05, 3.63) is 59.2 Å². The Kier molecular flexibility index (Phi) is 6.50. The number of aliphatic hydroxyl groups excluding tert-OH is 1. The zero-order valence-electron chi connectivity index (χ0n) is 15.5. The SMILES string of the molecule is COc1cc2c(cc1OC)C[NH+](C[C@H](O)COCc1ccccc1)CC2. The number of nitrogens with one attached hydrogen (secondary N) is 1. The second-order valence-electron chi connectivity index (χ2n) is 6.76. The number of methoxy groups -OCH3 is 2. The van der Waals surface area contributed by atoms with Crippen molar-refractivity contribution >= 4 is 0 Å². The van der Waals surface area contributed by atoms with Crippen molar-refractivity contribution in [3.8, 4) is 11.5 Å². The summed E-state index contributed by atoms with van der Waals surface area (Å²) in [7, 11) is 3.32. The van der Waals surface area contributed by atoms with E-state index in [4.69, 9.17) is 14.2 Å². The van der Waals surface area contributed by atoms with Crippen molar-refractivity contribution in [3.63, 3.8) is 0 Å². The first kappa shape index (κ1) is 18.7. The minimum absolute atomic E-state index is 0.358. The molecular weight excluding hydrogens is 330 g/mol. The molecule has 2 aromatic rings. The average molecular weight is 358 g/mol. The Morgan fingerprint density at radius 2 is 1.73 bits per heavy atom. The second kappa shape index (κ2) is 9.03. The summed E-state index contributed by atoms with van der Waals surface area (Å²) in [5.74, 6) is 1.54. The molecule has 1 heterocycles. The highest BCUT2D eigenvalue weighted by Crippen LogP contribution is 2.31. The third-order valence-electron chi connectivity index (χ3n) is 4.84. The maximum absolute atomic E-state index is 10.3. The van der Waals surface area contributed by atoms with Crippen LogP contribution in [0.25, 0.3) is 0 Å². The van der Waals surface area contributed by atoms with Gasteiger partial charge in [-0.15, -0.1) is 0 Å². The molecule has 2 atom stereocenters. The van der Waals surface area contributed by atoms with E-state index in [1.165, 1.54) is 16.0 Å². The predicted molar refractivity (Wildman–Crippen MR) is 99.8 cm³/mol. The lowest BCUT2D eigenvalue weighted by molar-refractivity contribution is -0.919. The van der Waals surface area contributed by atoms with E-state index in [9.17, 15) is 5.11 Å². The van der Waals surface area contributed by atoms with Crippen molar-refractivity contribution < 1.29 is 24.2 Å². The topological polar surface area (TPSA) is 52.4 Å². The van der Waals surface area contributed by atoms with Crippen molar-refractivity contribution in [2.75, 3.05) is 33.9 Å². The molecule has 0 saturated heterocycles. The van der Waals surface area contributed by atoms with Gasteiger partial charge < -0.3 is 24.2 Å². The molecule has 5 nitrogen and oxygen atoms in total. The van der Waals surface area contributed by atoms with Gasteiger partial charge in [0.05, 0.1) is 34.0 Å². The van der Waals surface area contributed by atoms with Gasteiger partial charge in [-0.1, -0.05) is 30.3 Å². The van der Waals surface area contributed by atoms with E-state index in [0.717, 1.165) is 36.6 Å². The van der Waals surface area contributed by atoms with Crippen molar-refractivity contribution in [1.29, 1.82) is 0 Å². The van der Waals surface area contributed by atoms with E-state index in [0.29, 0.717) is 19.8 Å². The first-order chi connectivity index (χ1) is 12.7. The first-order valence-corrected chi connectivity index (χ1v) is 9.06. The van der Waals surface area contributed by atoms with Crippen LogP contribution in [0.1, 0.15) is 16.7 Å².